The van der Waals surface area contributed by atoms with Gasteiger partial charge in [0.15, 0.2) is 0 Å². The minimum Gasteiger partial charge on any atom is -0.294 e. The summed E-state index contributed by atoms with van der Waals surface area (Å²) >= 11 is 0. The molecule has 0 saturated carbocycles. The molecule has 1 nitrogen and oxygen atoms in total. The first-order chi connectivity index (χ1) is 6.40. The Balaban J connectivity index is 4.09. The van der Waals surface area contributed by atoms with Crippen molar-refractivity contribution in [3.05, 3.63) is 25.3 Å². The van der Waals surface area contributed by atoms with Gasteiger partial charge < -0.3 is 0 Å². The highest BCUT2D eigenvalue weighted by atomic mass is 15.1. The van der Waals surface area contributed by atoms with E-state index < -0.39 is 0 Å². The number of rotatable bonds is 6. The van der Waals surface area contributed by atoms with Crippen molar-refractivity contribution in [3.63, 3.8) is 0 Å². The van der Waals surface area contributed by atoms with Gasteiger partial charge in [-0.2, -0.15) is 0 Å². The monoisotopic (exact) mass is 195 g/mol. The molecule has 0 saturated heterocycles. The molecule has 0 aliphatic carbocycles. The highest BCUT2D eigenvalue weighted by Gasteiger charge is 2.14. The van der Waals surface area contributed by atoms with E-state index in [2.05, 4.69) is 45.8 Å². The van der Waals surface area contributed by atoms with Gasteiger partial charge in [0.05, 0.1) is 0 Å². The average Bonchev–Trinajstić information content (AvgIpc) is 2.09. The Kier molecular flexibility index (Phi) is 5.78. The highest BCUT2D eigenvalue weighted by molar-refractivity contribution is 4.88. The summed E-state index contributed by atoms with van der Waals surface area (Å²) in [6, 6.07) is 0.440. The van der Waals surface area contributed by atoms with Gasteiger partial charge in [0.1, 0.15) is 0 Å². The summed E-state index contributed by atoms with van der Waals surface area (Å²) in [5.41, 5.74) is 0.403. The van der Waals surface area contributed by atoms with Crippen LogP contribution in [0.25, 0.3) is 0 Å². The van der Waals surface area contributed by atoms with E-state index in [0.717, 1.165) is 13.1 Å². The fourth-order valence-corrected chi connectivity index (χ4v) is 1.26. The maximum absolute atomic E-state index is 3.83. The first kappa shape index (κ1) is 13.4. The van der Waals surface area contributed by atoms with Crippen LogP contribution in [0.15, 0.2) is 25.3 Å². The Hall–Kier alpha value is -0.560. The molecule has 0 aromatic carbocycles. The van der Waals surface area contributed by atoms with E-state index in [-0.39, 0.29) is 0 Å². The Labute approximate surface area is 89.5 Å². The lowest BCUT2D eigenvalue weighted by molar-refractivity contribution is 0.222. The molecule has 82 valence electrons. The maximum atomic E-state index is 3.83. The van der Waals surface area contributed by atoms with E-state index in [1.165, 1.54) is 6.42 Å². The van der Waals surface area contributed by atoms with Crippen molar-refractivity contribution in [1.82, 2.24) is 4.90 Å². The van der Waals surface area contributed by atoms with E-state index in [9.17, 15) is 0 Å². The standard InChI is InChI=1S/C13H25N/c1-7-10-14(12(3)8-2)11-9-13(4,5)6/h7-8,12H,1-2,9-11H2,3-6H3. The van der Waals surface area contributed by atoms with Crippen LogP contribution >= 0.6 is 0 Å². The normalized spacial score (nSPS) is 14.1. The van der Waals surface area contributed by atoms with Crippen LogP contribution in [-0.2, 0) is 0 Å². The van der Waals surface area contributed by atoms with Gasteiger partial charge in [-0.1, -0.05) is 32.9 Å². The lowest BCUT2D eigenvalue weighted by Crippen LogP contribution is -2.34. The molecule has 0 N–H and O–H groups in total. The third-order valence-electron chi connectivity index (χ3n) is 2.43. The SMILES string of the molecule is C=CCN(CCC(C)(C)C)C(C)C=C. The second-order valence-corrected chi connectivity index (χ2v) is 5.07. The summed E-state index contributed by atoms with van der Waals surface area (Å²) in [6.07, 6.45) is 5.16. The predicted molar refractivity (Wildman–Crippen MR) is 65.5 cm³/mol. The van der Waals surface area contributed by atoms with Crippen LogP contribution in [0.1, 0.15) is 34.1 Å². The van der Waals surface area contributed by atoms with Crippen LogP contribution in [0.4, 0.5) is 0 Å². The molecule has 0 aliphatic rings. The summed E-state index contributed by atoms with van der Waals surface area (Å²) in [7, 11) is 0. The predicted octanol–water partition coefficient (Wildman–Crippen LogP) is 3.49. The number of hydrogen-bond acceptors (Lipinski definition) is 1. The maximum Gasteiger partial charge on any atom is 0.0250 e. The summed E-state index contributed by atoms with van der Waals surface area (Å²) in [5, 5.41) is 0. The first-order valence-electron chi connectivity index (χ1n) is 5.38. The molecule has 0 radical (unpaired) electrons. The van der Waals surface area contributed by atoms with Crippen LogP contribution in [0, 0.1) is 5.41 Å². The Morgan fingerprint density at radius 3 is 2.21 bits per heavy atom. The number of hydrogen-bond donors (Lipinski definition) is 0. The van der Waals surface area contributed by atoms with Crippen molar-refractivity contribution >= 4 is 0 Å². The van der Waals surface area contributed by atoms with Gasteiger partial charge in [0.2, 0.25) is 0 Å². The minimum absolute atomic E-state index is 0.403. The minimum atomic E-state index is 0.403. The average molecular weight is 195 g/mol. The third kappa shape index (κ3) is 5.98. The molecule has 14 heavy (non-hydrogen) atoms. The third-order valence-corrected chi connectivity index (χ3v) is 2.43. The van der Waals surface area contributed by atoms with Crippen molar-refractivity contribution in [2.24, 2.45) is 5.41 Å². The van der Waals surface area contributed by atoms with Crippen LogP contribution in [0.3, 0.4) is 0 Å². The molecular weight excluding hydrogens is 170 g/mol. The van der Waals surface area contributed by atoms with Crippen LogP contribution in [-0.4, -0.2) is 24.0 Å². The Bertz CT molecular complexity index is 176. The molecule has 0 aromatic heterocycles. The van der Waals surface area contributed by atoms with Crippen molar-refractivity contribution in [3.8, 4) is 0 Å². The molecule has 0 bridgehead atoms. The van der Waals surface area contributed by atoms with Crippen molar-refractivity contribution in [2.75, 3.05) is 13.1 Å². The van der Waals surface area contributed by atoms with E-state index in [0.29, 0.717) is 11.5 Å². The fourth-order valence-electron chi connectivity index (χ4n) is 1.26. The molecule has 0 rings (SSSR count). The van der Waals surface area contributed by atoms with Gasteiger partial charge in [0.25, 0.3) is 0 Å². The fraction of sp³-hybridized carbons (Fsp3) is 0.692. The van der Waals surface area contributed by atoms with Gasteiger partial charge in [-0.3, -0.25) is 4.90 Å². The Morgan fingerprint density at radius 1 is 1.29 bits per heavy atom. The lowest BCUT2D eigenvalue weighted by Gasteiger charge is -2.29. The molecule has 0 spiro atoms. The summed E-state index contributed by atoms with van der Waals surface area (Å²) < 4.78 is 0. The van der Waals surface area contributed by atoms with Gasteiger partial charge in [-0.05, 0) is 25.3 Å². The second-order valence-electron chi connectivity index (χ2n) is 5.07. The molecule has 0 heterocycles. The molecule has 1 unspecified atom stereocenters. The smallest absolute Gasteiger partial charge is 0.0250 e. The molecule has 0 fully saturated rings. The zero-order chi connectivity index (χ0) is 11.2. The second kappa shape index (κ2) is 6.02. The van der Waals surface area contributed by atoms with Crippen LogP contribution < -0.4 is 0 Å². The molecule has 1 atom stereocenters. The number of nitrogens with zero attached hydrogens (tertiary/aromatic N) is 1. The van der Waals surface area contributed by atoms with Crippen LogP contribution in [0.2, 0.25) is 0 Å². The lowest BCUT2D eigenvalue weighted by atomic mass is 9.92. The van der Waals surface area contributed by atoms with Crippen molar-refractivity contribution in [2.45, 2.75) is 40.2 Å². The molecule has 0 aliphatic heterocycles. The van der Waals surface area contributed by atoms with E-state index in [1.807, 2.05) is 12.2 Å². The van der Waals surface area contributed by atoms with Crippen LogP contribution in [0.5, 0.6) is 0 Å². The first-order valence-corrected chi connectivity index (χ1v) is 5.38. The van der Waals surface area contributed by atoms with E-state index in [4.69, 9.17) is 0 Å². The highest BCUT2D eigenvalue weighted by Crippen LogP contribution is 2.19. The Morgan fingerprint density at radius 2 is 1.86 bits per heavy atom. The van der Waals surface area contributed by atoms with Gasteiger partial charge in [-0.15, -0.1) is 13.2 Å². The summed E-state index contributed by atoms with van der Waals surface area (Å²) in [5.74, 6) is 0. The zero-order valence-corrected chi connectivity index (χ0v) is 10.2. The largest absolute Gasteiger partial charge is 0.294 e. The summed E-state index contributed by atoms with van der Waals surface area (Å²) in [6.45, 7) is 18.7. The topological polar surface area (TPSA) is 3.24 Å². The molecule has 0 amide bonds. The molecule has 0 aromatic rings. The van der Waals surface area contributed by atoms with Crippen molar-refractivity contribution in [1.29, 1.82) is 0 Å². The van der Waals surface area contributed by atoms with Gasteiger partial charge in [-0.25, -0.2) is 0 Å². The quantitative estimate of drug-likeness (QED) is 0.586. The zero-order valence-electron chi connectivity index (χ0n) is 10.2. The van der Waals surface area contributed by atoms with Gasteiger partial charge in [0, 0.05) is 12.6 Å². The van der Waals surface area contributed by atoms with Crippen molar-refractivity contribution < 1.29 is 0 Å². The van der Waals surface area contributed by atoms with Gasteiger partial charge >= 0.3 is 0 Å². The molecule has 1 heteroatoms. The summed E-state index contributed by atoms with van der Waals surface area (Å²) in [4.78, 5) is 2.39. The van der Waals surface area contributed by atoms with E-state index in [1.54, 1.807) is 0 Å². The molecular formula is C13H25N. The van der Waals surface area contributed by atoms with E-state index >= 15 is 0 Å².